The second kappa shape index (κ2) is 6.81. The summed E-state index contributed by atoms with van der Waals surface area (Å²) in [5, 5.41) is 16.5. The van der Waals surface area contributed by atoms with Crippen molar-refractivity contribution in [3.8, 4) is 17.5 Å². The number of carbonyl (C=O) groups excluding carboxylic acids is 1. The van der Waals surface area contributed by atoms with Crippen molar-refractivity contribution in [2.75, 3.05) is 5.32 Å². The van der Waals surface area contributed by atoms with Gasteiger partial charge < -0.3 is 9.73 Å². The van der Waals surface area contributed by atoms with E-state index in [1.165, 1.54) is 35.6 Å². The molecule has 1 aliphatic carbocycles. The lowest BCUT2D eigenvalue weighted by Crippen LogP contribution is -2.25. The van der Waals surface area contributed by atoms with Crippen LogP contribution >= 0.6 is 11.3 Å². The highest BCUT2D eigenvalue weighted by atomic mass is 32.1. The van der Waals surface area contributed by atoms with Gasteiger partial charge in [-0.2, -0.15) is 9.94 Å². The number of benzene rings is 1. The zero-order valence-electron chi connectivity index (χ0n) is 14.0. The van der Waals surface area contributed by atoms with Crippen LogP contribution in [0.2, 0.25) is 0 Å². The van der Waals surface area contributed by atoms with E-state index in [2.05, 4.69) is 16.5 Å². The molecule has 0 saturated carbocycles. The third kappa shape index (κ3) is 3.27. The molecule has 3 aromatic rings. The van der Waals surface area contributed by atoms with Crippen LogP contribution in [0.3, 0.4) is 0 Å². The molecule has 1 N–H and O–H groups in total. The van der Waals surface area contributed by atoms with Gasteiger partial charge >= 0.3 is 5.76 Å². The Morgan fingerprint density at radius 2 is 2.15 bits per heavy atom. The number of hydrogen-bond donors (Lipinski definition) is 1. The second-order valence-corrected chi connectivity index (χ2v) is 7.16. The number of rotatable bonds is 4. The van der Waals surface area contributed by atoms with Crippen LogP contribution in [0, 0.1) is 17.1 Å². The molecular weight excluding hydrogens is 371 g/mol. The van der Waals surface area contributed by atoms with Gasteiger partial charge in [-0.1, -0.05) is 0 Å². The number of nitriles is 1. The minimum atomic E-state index is -0.793. The van der Waals surface area contributed by atoms with Crippen molar-refractivity contribution >= 4 is 22.2 Å². The van der Waals surface area contributed by atoms with Crippen molar-refractivity contribution in [1.82, 2.24) is 9.78 Å². The molecule has 4 rings (SSSR count). The molecule has 0 unspecified atom stereocenters. The third-order valence-electron chi connectivity index (χ3n) is 4.28. The first-order valence-corrected chi connectivity index (χ1v) is 9.05. The average molecular weight is 384 g/mol. The molecule has 0 saturated heterocycles. The average Bonchev–Trinajstić information content (AvgIpc) is 3.31. The number of aromatic nitrogens is 2. The Balaban J connectivity index is 1.52. The smallest absolute Gasteiger partial charge is 0.388 e. The van der Waals surface area contributed by atoms with Crippen LogP contribution in [0.4, 0.5) is 9.39 Å². The molecule has 2 heterocycles. The lowest BCUT2D eigenvalue weighted by Gasteiger charge is -2.03. The topological polar surface area (TPSA) is 101 Å². The fraction of sp³-hybridized carbons (Fsp3) is 0.222. The molecule has 1 aromatic carbocycles. The molecule has 1 amide bonds. The molecule has 9 heteroatoms. The molecule has 27 heavy (non-hydrogen) atoms. The van der Waals surface area contributed by atoms with E-state index < -0.39 is 17.5 Å². The van der Waals surface area contributed by atoms with Gasteiger partial charge in [-0.05, 0) is 49.1 Å². The first-order valence-electron chi connectivity index (χ1n) is 8.23. The molecule has 0 bridgehead atoms. The van der Waals surface area contributed by atoms with Crippen LogP contribution in [0.5, 0.6) is 0 Å². The number of nitrogens with zero attached hydrogens (tertiary/aromatic N) is 3. The summed E-state index contributed by atoms with van der Waals surface area (Å²) in [4.78, 5) is 25.4. The minimum absolute atomic E-state index is 0.000569. The number of amides is 1. The number of fused-ring (bicyclic) bond motifs is 1. The summed E-state index contributed by atoms with van der Waals surface area (Å²) in [6.07, 6.45) is 2.77. The van der Waals surface area contributed by atoms with Crippen LogP contribution in [-0.2, 0) is 24.2 Å². The van der Waals surface area contributed by atoms with Gasteiger partial charge in [0.1, 0.15) is 23.4 Å². The zero-order chi connectivity index (χ0) is 19.0. The predicted molar refractivity (Wildman–Crippen MR) is 95.8 cm³/mol. The van der Waals surface area contributed by atoms with E-state index in [9.17, 15) is 19.2 Å². The molecule has 0 atom stereocenters. The first kappa shape index (κ1) is 17.2. The van der Waals surface area contributed by atoms with E-state index in [4.69, 9.17) is 4.42 Å². The maximum absolute atomic E-state index is 13.0. The molecule has 0 spiro atoms. The van der Waals surface area contributed by atoms with Crippen molar-refractivity contribution in [2.45, 2.75) is 25.8 Å². The van der Waals surface area contributed by atoms with Gasteiger partial charge in [0.15, 0.2) is 0 Å². The van der Waals surface area contributed by atoms with E-state index in [1.54, 1.807) is 0 Å². The van der Waals surface area contributed by atoms with Crippen molar-refractivity contribution in [3.05, 3.63) is 56.6 Å². The van der Waals surface area contributed by atoms with Gasteiger partial charge in [-0.15, -0.1) is 16.4 Å². The number of aryl methyl sites for hydroxylation is 1. The zero-order valence-corrected chi connectivity index (χ0v) is 14.8. The maximum Gasteiger partial charge on any atom is 0.437 e. The van der Waals surface area contributed by atoms with Gasteiger partial charge in [0.2, 0.25) is 11.8 Å². The van der Waals surface area contributed by atoms with Crippen LogP contribution in [0.25, 0.3) is 11.5 Å². The Morgan fingerprint density at radius 1 is 1.37 bits per heavy atom. The van der Waals surface area contributed by atoms with E-state index >= 15 is 0 Å². The number of nitrogens with one attached hydrogen (secondary N) is 1. The van der Waals surface area contributed by atoms with Gasteiger partial charge in [0, 0.05) is 10.4 Å². The van der Waals surface area contributed by atoms with E-state index in [0.29, 0.717) is 16.1 Å². The summed E-state index contributed by atoms with van der Waals surface area (Å²) in [6, 6.07) is 7.45. The fourth-order valence-electron chi connectivity index (χ4n) is 3.03. The third-order valence-corrected chi connectivity index (χ3v) is 5.48. The summed E-state index contributed by atoms with van der Waals surface area (Å²) in [7, 11) is 0. The quantitative estimate of drug-likeness (QED) is 0.745. The first-order chi connectivity index (χ1) is 13.0. The Bertz CT molecular complexity index is 1120. The standard InChI is InChI=1S/C18H13FN4O3S/c19-11-6-4-10(5-7-11)16-22-23(18(25)26-16)9-15(24)21-17-13(8-20)12-2-1-3-14(12)27-17/h4-7H,1-3,9H2,(H,21,24). The summed E-state index contributed by atoms with van der Waals surface area (Å²) < 4.78 is 18.9. The van der Waals surface area contributed by atoms with Gasteiger partial charge in [-0.25, -0.2) is 9.18 Å². The van der Waals surface area contributed by atoms with Gasteiger partial charge in [0.25, 0.3) is 0 Å². The van der Waals surface area contributed by atoms with Crippen LogP contribution < -0.4 is 11.1 Å². The number of hydrogen-bond acceptors (Lipinski definition) is 6. The number of anilines is 1. The summed E-state index contributed by atoms with van der Waals surface area (Å²) in [5.41, 5.74) is 1.93. The Hall–Kier alpha value is -3.25. The highest BCUT2D eigenvalue weighted by molar-refractivity contribution is 7.16. The van der Waals surface area contributed by atoms with Crippen molar-refractivity contribution in [3.63, 3.8) is 0 Å². The SMILES string of the molecule is N#Cc1c(NC(=O)Cn2nc(-c3ccc(F)cc3)oc2=O)sc2c1CCC2. The van der Waals surface area contributed by atoms with Gasteiger partial charge in [0.05, 0.1) is 5.56 Å². The maximum atomic E-state index is 13.0. The second-order valence-electron chi connectivity index (χ2n) is 6.06. The Kier molecular flexibility index (Phi) is 4.33. The molecule has 7 nitrogen and oxygen atoms in total. The van der Waals surface area contributed by atoms with Crippen LogP contribution in [0.1, 0.15) is 22.4 Å². The lowest BCUT2D eigenvalue weighted by atomic mass is 10.1. The van der Waals surface area contributed by atoms with E-state index in [1.807, 2.05) is 0 Å². The predicted octanol–water partition coefficient (Wildman–Crippen LogP) is 2.70. The Morgan fingerprint density at radius 3 is 2.89 bits per heavy atom. The van der Waals surface area contributed by atoms with Crippen LogP contribution in [-0.4, -0.2) is 15.7 Å². The molecule has 0 radical (unpaired) electrons. The van der Waals surface area contributed by atoms with E-state index in [-0.39, 0.29) is 12.4 Å². The largest absolute Gasteiger partial charge is 0.437 e. The molecule has 0 aliphatic heterocycles. The molecule has 1 aliphatic rings. The monoisotopic (exact) mass is 384 g/mol. The molecular formula is C18H13FN4O3S. The Labute approximate surface area is 156 Å². The fourth-order valence-corrected chi connectivity index (χ4v) is 4.28. The lowest BCUT2D eigenvalue weighted by molar-refractivity contribution is -0.117. The van der Waals surface area contributed by atoms with Crippen LogP contribution in [0.15, 0.2) is 33.5 Å². The van der Waals surface area contributed by atoms with Crippen molar-refractivity contribution < 1.29 is 13.6 Å². The van der Waals surface area contributed by atoms with E-state index in [0.717, 1.165) is 34.4 Å². The minimum Gasteiger partial charge on any atom is -0.388 e. The highest BCUT2D eigenvalue weighted by Gasteiger charge is 2.23. The molecule has 0 fully saturated rings. The summed E-state index contributed by atoms with van der Waals surface area (Å²) >= 11 is 1.40. The summed E-state index contributed by atoms with van der Waals surface area (Å²) in [5.74, 6) is -1.69. The number of halogens is 1. The summed E-state index contributed by atoms with van der Waals surface area (Å²) in [6.45, 7) is -0.350. The number of carbonyl (C=O) groups is 1. The van der Waals surface area contributed by atoms with Gasteiger partial charge in [-0.3, -0.25) is 4.79 Å². The van der Waals surface area contributed by atoms with Crippen molar-refractivity contribution in [2.24, 2.45) is 0 Å². The number of thiophene rings is 1. The normalized spacial score (nSPS) is 12.6. The highest BCUT2D eigenvalue weighted by Crippen LogP contribution is 2.38. The molecule has 136 valence electrons. The van der Waals surface area contributed by atoms with Crippen molar-refractivity contribution in [1.29, 1.82) is 5.26 Å². The molecule has 2 aromatic heterocycles.